The molecule has 0 saturated carbocycles. The summed E-state index contributed by atoms with van der Waals surface area (Å²) in [6.45, 7) is 0.369. The van der Waals surface area contributed by atoms with Gasteiger partial charge in [-0.1, -0.05) is 11.8 Å². The summed E-state index contributed by atoms with van der Waals surface area (Å²) in [4.78, 5) is 3.34. The lowest BCUT2D eigenvalue weighted by molar-refractivity contribution is 0.367. The van der Waals surface area contributed by atoms with E-state index in [0.717, 1.165) is 30.0 Å². The predicted octanol–water partition coefficient (Wildman–Crippen LogP) is 3.36. The number of aromatic amines is 1. The van der Waals surface area contributed by atoms with Crippen molar-refractivity contribution in [3.63, 3.8) is 0 Å². The molecular weight excluding hydrogens is 274 g/mol. The van der Waals surface area contributed by atoms with Crippen LogP contribution in [0.1, 0.15) is 12.1 Å². The van der Waals surface area contributed by atoms with Crippen molar-refractivity contribution >= 4 is 12.2 Å². The first-order valence-electron chi connectivity index (χ1n) is 6.17. The monoisotopic (exact) mass is 289 g/mol. The zero-order valence-electron chi connectivity index (χ0n) is 11.1. The van der Waals surface area contributed by atoms with Crippen molar-refractivity contribution in [1.82, 2.24) is 4.98 Å². The molecule has 1 aromatic carbocycles. The molecule has 0 amide bonds. The van der Waals surface area contributed by atoms with E-state index in [1.807, 2.05) is 24.3 Å². The molecule has 0 fully saturated rings. The van der Waals surface area contributed by atoms with Gasteiger partial charge in [-0.05, 0) is 36.5 Å². The predicted molar refractivity (Wildman–Crippen MR) is 78.5 cm³/mol. The lowest BCUT2D eigenvalue weighted by Gasteiger charge is -2.03. The van der Waals surface area contributed by atoms with Gasteiger partial charge in [0.1, 0.15) is 24.4 Å². The summed E-state index contributed by atoms with van der Waals surface area (Å²) < 4.78 is 15.6. The SMILES string of the molecule is COc1ccc(OCC#CCCc2coc(=S)[nH]2)cc1. The van der Waals surface area contributed by atoms with Gasteiger partial charge in [-0.15, -0.1) is 0 Å². The Morgan fingerprint density at radius 1 is 1.20 bits per heavy atom. The number of oxazole rings is 1. The summed E-state index contributed by atoms with van der Waals surface area (Å²) in [7, 11) is 1.63. The van der Waals surface area contributed by atoms with E-state index in [0.29, 0.717) is 11.4 Å². The average Bonchev–Trinajstić information content (AvgIpc) is 2.89. The van der Waals surface area contributed by atoms with E-state index in [9.17, 15) is 0 Å². The van der Waals surface area contributed by atoms with E-state index in [2.05, 4.69) is 16.8 Å². The van der Waals surface area contributed by atoms with Crippen LogP contribution >= 0.6 is 12.2 Å². The van der Waals surface area contributed by atoms with Crippen molar-refractivity contribution in [2.75, 3.05) is 13.7 Å². The van der Waals surface area contributed by atoms with Crippen LogP contribution in [0.25, 0.3) is 0 Å². The highest BCUT2D eigenvalue weighted by atomic mass is 32.1. The maximum atomic E-state index is 5.49. The first-order valence-corrected chi connectivity index (χ1v) is 6.58. The van der Waals surface area contributed by atoms with Crippen LogP contribution in [0, 0.1) is 16.7 Å². The van der Waals surface area contributed by atoms with Gasteiger partial charge in [-0.2, -0.15) is 0 Å². The first kappa shape index (κ1) is 14.2. The number of ether oxygens (including phenoxy) is 2. The minimum absolute atomic E-state index is 0.369. The number of hydrogen-bond donors (Lipinski definition) is 1. The standard InChI is InChI=1S/C15H15NO3S/c1-17-13-6-8-14(9-7-13)18-10-4-2-3-5-12-11-19-15(20)16-12/h6-9,11H,3,5,10H2,1H3,(H,16,20). The highest BCUT2D eigenvalue weighted by Gasteiger charge is 1.94. The van der Waals surface area contributed by atoms with E-state index in [1.54, 1.807) is 13.4 Å². The third-order valence-corrected chi connectivity index (χ3v) is 2.78. The minimum Gasteiger partial charge on any atom is -0.497 e. The van der Waals surface area contributed by atoms with E-state index in [4.69, 9.17) is 26.1 Å². The van der Waals surface area contributed by atoms with Gasteiger partial charge in [-0.3, -0.25) is 0 Å². The number of nitrogens with one attached hydrogen (secondary N) is 1. The molecule has 0 spiro atoms. The second-order valence-electron chi connectivity index (χ2n) is 3.99. The third kappa shape index (κ3) is 4.48. The molecule has 1 heterocycles. The Bertz CT molecular complexity index is 646. The number of hydrogen-bond acceptors (Lipinski definition) is 4. The van der Waals surface area contributed by atoms with Crippen molar-refractivity contribution in [3.8, 4) is 23.3 Å². The number of aryl methyl sites for hydroxylation is 1. The number of aromatic nitrogens is 1. The van der Waals surface area contributed by atoms with Crippen molar-refractivity contribution < 1.29 is 13.9 Å². The highest BCUT2D eigenvalue weighted by Crippen LogP contribution is 2.16. The Labute approximate surface area is 122 Å². The topological polar surface area (TPSA) is 47.4 Å². The molecule has 4 nitrogen and oxygen atoms in total. The number of H-pyrrole nitrogens is 1. The lowest BCUT2D eigenvalue weighted by Crippen LogP contribution is -1.94. The number of benzene rings is 1. The van der Waals surface area contributed by atoms with Gasteiger partial charge in [0.2, 0.25) is 0 Å². The molecule has 2 aromatic rings. The molecule has 0 atom stereocenters. The van der Waals surface area contributed by atoms with Gasteiger partial charge in [0.15, 0.2) is 0 Å². The van der Waals surface area contributed by atoms with Gasteiger partial charge >= 0.3 is 0 Å². The Balaban J connectivity index is 1.70. The van der Waals surface area contributed by atoms with Crippen LogP contribution in [-0.4, -0.2) is 18.7 Å². The highest BCUT2D eigenvalue weighted by molar-refractivity contribution is 7.71. The van der Waals surface area contributed by atoms with Gasteiger partial charge in [0, 0.05) is 12.8 Å². The fourth-order valence-electron chi connectivity index (χ4n) is 1.56. The molecule has 1 N–H and O–H groups in total. The second kappa shape index (κ2) is 7.41. The molecule has 0 aliphatic heterocycles. The maximum absolute atomic E-state index is 5.49. The largest absolute Gasteiger partial charge is 0.497 e. The Hall–Kier alpha value is -2.19. The van der Waals surface area contributed by atoms with Crippen LogP contribution in [0.2, 0.25) is 0 Å². The van der Waals surface area contributed by atoms with E-state index in [1.165, 1.54) is 0 Å². The molecule has 0 unspecified atom stereocenters. The zero-order valence-corrected chi connectivity index (χ0v) is 12.0. The van der Waals surface area contributed by atoms with Gasteiger partial charge in [-0.25, -0.2) is 0 Å². The smallest absolute Gasteiger partial charge is 0.266 e. The number of methoxy groups -OCH3 is 1. The molecule has 0 radical (unpaired) electrons. The summed E-state index contributed by atoms with van der Waals surface area (Å²) in [5.74, 6) is 7.59. The third-order valence-electron chi connectivity index (χ3n) is 2.59. The molecule has 5 heteroatoms. The fraction of sp³-hybridized carbons (Fsp3) is 0.267. The van der Waals surface area contributed by atoms with E-state index < -0.39 is 0 Å². The summed E-state index contributed by atoms with van der Waals surface area (Å²) in [6.07, 6.45) is 3.14. The minimum atomic E-state index is 0.369. The van der Waals surface area contributed by atoms with Crippen LogP contribution in [0.4, 0.5) is 0 Å². The molecule has 0 saturated heterocycles. The van der Waals surface area contributed by atoms with Crippen LogP contribution in [-0.2, 0) is 6.42 Å². The van der Waals surface area contributed by atoms with Crippen molar-refractivity contribution in [2.45, 2.75) is 12.8 Å². The van der Waals surface area contributed by atoms with Crippen LogP contribution in [0.3, 0.4) is 0 Å². The Morgan fingerprint density at radius 3 is 2.60 bits per heavy atom. The fourth-order valence-corrected chi connectivity index (χ4v) is 1.74. The van der Waals surface area contributed by atoms with Crippen molar-refractivity contribution in [1.29, 1.82) is 0 Å². The molecule has 0 bridgehead atoms. The zero-order chi connectivity index (χ0) is 14.2. The normalized spacial score (nSPS) is 9.65. The van der Waals surface area contributed by atoms with Gasteiger partial charge < -0.3 is 18.9 Å². The molecule has 0 aliphatic carbocycles. The number of rotatable bonds is 5. The van der Waals surface area contributed by atoms with Crippen LogP contribution in [0.5, 0.6) is 11.5 Å². The lowest BCUT2D eigenvalue weighted by atomic mass is 10.2. The first-order chi connectivity index (χ1) is 9.78. The Morgan fingerprint density at radius 2 is 1.95 bits per heavy atom. The molecule has 1 aromatic heterocycles. The quantitative estimate of drug-likeness (QED) is 0.677. The molecule has 104 valence electrons. The summed E-state index contributed by atoms with van der Waals surface area (Å²) in [6, 6.07) is 7.41. The van der Waals surface area contributed by atoms with Crippen LogP contribution < -0.4 is 9.47 Å². The van der Waals surface area contributed by atoms with Gasteiger partial charge in [0.05, 0.1) is 12.8 Å². The van der Waals surface area contributed by atoms with Crippen LogP contribution in [0.15, 0.2) is 34.9 Å². The summed E-state index contributed by atoms with van der Waals surface area (Å²) >= 11 is 4.84. The van der Waals surface area contributed by atoms with Crippen molar-refractivity contribution in [2.24, 2.45) is 0 Å². The molecule has 20 heavy (non-hydrogen) atoms. The Kier molecular flexibility index (Phi) is 5.27. The van der Waals surface area contributed by atoms with Gasteiger partial charge in [0.25, 0.3) is 4.84 Å². The summed E-state index contributed by atoms with van der Waals surface area (Å²) in [5, 5.41) is 0. The molecule has 2 rings (SSSR count). The maximum Gasteiger partial charge on any atom is 0.266 e. The average molecular weight is 289 g/mol. The second-order valence-corrected chi connectivity index (χ2v) is 4.36. The van der Waals surface area contributed by atoms with E-state index >= 15 is 0 Å². The summed E-state index contributed by atoms with van der Waals surface area (Å²) in [5.41, 5.74) is 0.959. The molecule has 0 aliphatic rings. The van der Waals surface area contributed by atoms with Crippen molar-refractivity contribution in [3.05, 3.63) is 41.1 Å². The molecular formula is C15H15NO3S. The van der Waals surface area contributed by atoms with E-state index in [-0.39, 0.29) is 0 Å².